The van der Waals surface area contributed by atoms with Gasteiger partial charge in [-0.1, -0.05) is 15.9 Å². The first kappa shape index (κ1) is 18.0. The molecule has 0 fully saturated rings. The van der Waals surface area contributed by atoms with Crippen molar-refractivity contribution in [1.29, 1.82) is 0 Å². The molecule has 0 aliphatic heterocycles. The van der Waals surface area contributed by atoms with Crippen molar-refractivity contribution in [3.63, 3.8) is 0 Å². The van der Waals surface area contributed by atoms with Gasteiger partial charge >= 0.3 is 6.03 Å². The van der Waals surface area contributed by atoms with Gasteiger partial charge in [0, 0.05) is 10.2 Å². The monoisotopic (exact) mass is 503 g/mol. The van der Waals surface area contributed by atoms with Gasteiger partial charge in [-0.25, -0.2) is 10.2 Å². The Bertz CT molecular complexity index is 756. The second kappa shape index (κ2) is 7.94. The fourth-order valence-corrected chi connectivity index (χ4v) is 3.18. The van der Waals surface area contributed by atoms with Crippen LogP contribution in [0.15, 0.2) is 48.9 Å². The van der Waals surface area contributed by atoms with Crippen molar-refractivity contribution < 1.29 is 9.90 Å². The fraction of sp³-hybridized carbons (Fsp3) is 0.0667. The average molecular weight is 506 g/mol. The van der Waals surface area contributed by atoms with Crippen LogP contribution in [0.1, 0.15) is 11.1 Å². The zero-order chi connectivity index (χ0) is 17.0. The zero-order valence-corrected chi connectivity index (χ0v) is 16.7. The summed E-state index contributed by atoms with van der Waals surface area (Å²) >= 11 is 9.86. The number of aromatic hydroxyl groups is 1. The fourth-order valence-electron chi connectivity index (χ4n) is 1.71. The molecular weight excluding hydrogens is 494 g/mol. The molecule has 8 heteroatoms. The first-order chi connectivity index (χ1) is 10.9. The molecule has 0 bridgehead atoms. The number of halogens is 3. The number of amides is 2. The summed E-state index contributed by atoms with van der Waals surface area (Å²) in [5.74, 6) is 0.110. The van der Waals surface area contributed by atoms with Crippen molar-refractivity contribution in [3.05, 3.63) is 54.9 Å². The molecule has 2 rings (SSSR count). The summed E-state index contributed by atoms with van der Waals surface area (Å²) in [4.78, 5) is 11.8. The molecule has 5 nitrogen and oxygen atoms in total. The molecule has 3 N–H and O–H groups in total. The number of carbonyl (C=O) groups is 1. The molecule has 0 aliphatic carbocycles. The number of urea groups is 1. The van der Waals surface area contributed by atoms with Crippen molar-refractivity contribution in [2.24, 2.45) is 5.10 Å². The number of anilines is 1. The normalized spacial score (nSPS) is 10.8. The van der Waals surface area contributed by atoms with Gasteiger partial charge in [0.05, 0.1) is 15.2 Å². The van der Waals surface area contributed by atoms with E-state index in [1.807, 2.05) is 19.1 Å². The van der Waals surface area contributed by atoms with Crippen LogP contribution in [-0.4, -0.2) is 17.4 Å². The molecule has 2 aromatic rings. The highest BCUT2D eigenvalue weighted by Gasteiger charge is 2.05. The van der Waals surface area contributed by atoms with E-state index in [0.717, 1.165) is 10.0 Å². The summed E-state index contributed by atoms with van der Waals surface area (Å²) < 4.78 is 2.04. The second-order valence-corrected chi connectivity index (χ2v) is 7.18. The number of nitrogens with one attached hydrogen (secondary N) is 2. The molecule has 0 spiro atoms. The number of phenols is 1. The molecule has 0 heterocycles. The summed E-state index contributed by atoms with van der Waals surface area (Å²) in [5.41, 5.74) is 4.78. The minimum absolute atomic E-state index is 0.110. The maximum absolute atomic E-state index is 11.8. The number of phenolic OH excluding ortho intramolecular Hbond substituents is 1. The summed E-state index contributed by atoms with van der Waals surface area (Å²) in [7, 11) is 0. The minimum Gasteiger partial charge on any atom is -0.506 e. The highest BCUT2D eigenvalue weighted by atomic mass is 79.9. The molecule has 0 radical (unpaired) electrons. The number of hydrogen-bond acceptors (Lipinski definition) is 3. The molecule has 0 unspecified atom stereocenters. The molecule has 23 heavy (non-hydrogen) atoms. The van der Waals surface area contributed by atoms with Crippen molar-refractivity contribution >= 4 is 65.7 Å². The number of aryl methyl sites for hydroxylation is 1. The lowest BCUT2D eigenvalue weighted by atomic mass is 10.2. The Morgan fingerprint density at radius 2 is 1.78 bits per heavy atom. The number of carbonyl (C=O) groups excluding carboxylic acids is 1. The van der Waals surface area contributed by atoms with E-state index in [-0.39, 0.29) is 5.75 Å². The quantitative estimate of drug-likeness (QED) is 0.399. The maximum atomic E-state index is 11.8. The minimum atomic E-state index is -0.445. The number of benzene rings is 2. The number of nitrogens with zero attached hydrogens (tertiary/aromatic N) is 1. The van der Waals surface area contributed by atoms with Gasteiger partial charge in [0.15, 0.2) is 0 Å². The van der Waals surface area contributed by atoms with Gasteiger partial charge in [-0.15, -0.1) is 0 Å². The zero-order valence-electron chi connectivity index (χ0n) is 11.9. The van der Waals surface area contributed by atoms with Crippen LogP contribution in [0.4, 0.5) is 10.5 Å². The van der Waals surface area contributed by atoms with Gasteiger partial charge in [0.1, 0.15) is 5.75 Å². The Morgan fingerprint density at radius 3 is 2.39 bits per heavy atom. The smallest absolute Gasteiger partial charge is 0.339 e. The first-order valence-corrected chi connectivity index (χ1v) is 8.79. The predicted molar refractivity (Wildman–Crippen MR) is 102 cm³/mol. The Morgan fingerprint density at radius 1 is 1.13 bits per heavy atom. The van der Waals surface area contributed by atoms with Crippen LogP contribution in [0, 0.1) is 6.92 Å². The Kier molecular flexibility index (Phi) is 6.20. The second-order valence-electron chi connectivity index (χ2n) is 4.62. The Labute approximate surface area is 158 Å². The third kappa shape index (κ3) is 5.05. The van der Waals surface area contributed by atoms with Gasteiger partial charge in [0.2, 0.25) is 0 Å². The number of hydrazone groups is 1. The predicted octanol–water partition coefficient (Wildman–Crippen LogP) is 5.14. The van der Waals surface area contributed by atoms with Crippen LogP contribution in [0.5, 0.6) is 5.75 Å². The van der Waals surface area contributed by atoms with Gasteiger partial charge in [0.25, 0.3) is 0 Å². The van der Waals surface area contributed by atoms with Gasteiger partial charge in [-0.05, 0) is 80.2 Å². The van der Waals surface area contributed by atoms with Crippen LogP contribution in [0.2, 0.25) is 0 Å². The van der Waals surface area contributed by atoms with E-state index in [0.29, 0.717) is 20.2 Å². The van der Waals surface area contributed by atoms with Crippen LogP contribution in [-0.2, 0) is 0 Å². The number of hydrogen-bond donors (Lipinski definition) is 3. The van der Waals surface area contributed by atoms with Crippen molar-refractivity contribution in [3.8, 4) is 5.75 Å². The molecule has 120 valence electrons. The van der Waals surface area contributed by atoms with E-state index >= 15 is 0 Å². The van der Waals surface area contributed by atoms with E-state index in [4.69, 9.17) is 0 Å². The van der Waals surface area contributed by atoms with Crippen LogP contribution in [0.3, 0.4) is 0 Å². The van der Waals surface area contributed by atoms with Crippen LogP contribution >= 0.6 is 47.8 Å². The third-order valence-electron chi connectivity index (χ3n) is 2.83. The summed E-state index contributed by atoms with van der Waals surface area (Å²) in [5, 5.41) is 16.2. The molecule has 0 aromatic heterocycles. The Balaban J connectivity index is 1.97. The Hall–Kier alpha value is -1.38. The lowest BCUT2D eigenvalue weighted by Crippen LogP contribution is -2.24. The van der Waals surface area contributed by atoms with Crippen molar-refractivity contribution in [2.75, 3.05) is 5.32 Å². The summed E-state index contributed by atoms with van der Waals surface area (Å²) in [6, 6.07) is 8.41. The van der Waals surface area contributed by atoms with E-state index < -0.39 is 6.03 Å². The molecule has 0 saturated carbocycles. The molecular formula is C15H12Br3N3O2. The molecule has 0 saturated heterocycles. The third-order valence-corrected chi connectivity index (χ3v) is 4.93. The van der Waals surface area contributed by atoms with Crippen molar-refractivity contribution in [1.82, 2.24) is 5.43 Å². The maximum Gasteiger partial charge on any atom is 0.339 e. The van der Waals surface area contributed by atoms with Gasteiger partial charge in [-0.2, -0.15) is 5.10 Å². The molecule has 0 aliphatic rings. The molecule has 2 amide bonds. The largest absolute Gasteiger partial charge is 0.506 e. The van der Waals surface area contributed by atoms with Gasteiger partial charge < -0.3 is 10.4 Å². The first-order valence-electron chi connectivity index (χ1n) is 6.41. The van der Waals surface area contributed by atoms with E-state index in [9.17, 15) is 9.90 Å². The molecule has 0 atom stereocenters. The standard InChI is InChI=1S/C15H12Br3N3O2/c1-8-4-10(2-3-11(8)16)20-15(23)21-19-7-9-5-12(17)14(22)13(18)6-9/h2-7,22H,1H3,(H2,20,21,23)/b19-7+. The van der Waals surface area contributed by atoms with Gasteiger partial charge in [-0.3, -0.25) is 0 Å². The average Bonchev–Trinajstić information content (AvgIpc) is 2.48. The SMILES string of the molecule is Cc1cc(NC(=O)N/N=C/c2cc(Br)c(O)c(Br)c2)ccc1Br. The van der Waals surface area contributed by atoms with E-state index in [2.05, 4.69) is 63.6 Å². The van der Waals surface area contributed by atoms with E-state index in [1.54, 1.807) is 18.2 Å². The lowest BCUT2D eigenvalue weighted by molar-refractivity contribution is 0.252. The lowest BCUT2D eigenvalue weighted by Gasteiger charge is -2.06. The van der Waals surface area contributed by atoms with Crippen molar-refractivity contribution in [2.45, 2.75) is 6.92 Å². The summed E-state index contributed by atoms with van der Waals surface area (Å²) in [6.45, 7) is 1.94. The summed E-state index contributed by atoms with van der Waals surface area (Å²) in [6.07, 6.45) is 1.47. The highest BCUT2D eigenvalue weighted by Crippen LogP contribution is 2.32. The number of rotatable bonds is 3. The topological polar surface area (TPSA) is 73.7 Å². The van der Waals surface area contributed by atoms with Crippen LogP contribution < -0.4 is 10.7 Å². The molecule has 2 aromatic carbocycles. The van der Waals surface area contributed by atoms with Crippen LogP contribution in [0.25, 0.3) is 0 Å². The highest BCUT2D eigenvalue weighted by molar-refractivity contribution is 9.11. The van der Waals surface area contributed by atoms with E-state index in [1.165, 1.54) is 6.21 Å².